The molecule has 0 amide bonds. The molecular formula is C13H18Cl2O. The van der Waals surface area contributed by atoms with Crippen LogP contribution in [0.2, 0.25) is 10.0 Å². The average molecular weight is 261 g/mol. The fourth-order valence-electron chi connectivity index (χ4n) is 1.89. The van der Waals surface area contributed by atoms with Crippen LogP contribution >= 0.6 is 23.2 Å². The van der Waals surface area contributed by atoms with Gasteiger partial charge in [0.1, 0.15) is 0 Å². The molecule has 1 atom stereocenters. The van der Waals surface area contributed by atoms with Gasteiger partial charge < -0.3 is 5.11 Å². The van der Waals surface area contributed by atoms with Gasteiger partial charge >= 0.3 is 0 Å². The minimum Gasteiger partial charge on any atom is -0.390 e. The molecular weight excluding hydrogens is 243 g/mol. The Morgan fingerprint density at radius 3 is 2.50 bits per heavy atom. The number of halogens is 2. The minimum absolute atomic E-state index is 0.566. The first kappa shape index (κ1) is 13.8. The summed E-state index contributed by atoms with van der Waals surface area (Å²) >= 11 is 12.0. The maximum absolute atomic E-state index is 10.4. The molecule has 1 rings (SSSR count). The molecule has 1 aromatic carbocycles. The van der Waals surface area contributed by atoms with Crippen molar-refractivity contribution >= 4 is 23.2 Å². The summed E-state index contributed by atoms with van der Waals surface area (Å²) in [5, 5.41) is 11.7. The number of hydrogen-bond acceptors (Lipinski definition) is 1. The van der Waals surface area contributed by atoms with Crippen molar-refractivity contribution in [2.45, 2.75) is 45.1 Å². The minimum atomic E-state index is -0.664. The van der Waals surface area contributed by atoms with Crippen LogP contribution in [0.1, 0.15) is 38.7 Å². The number of benzene rings is 1. The molecule has 1 aromatic rings. The van der Waals surface area contributed by atoms with Gasteiger partial charge in [0.2, 0.25) is 0 Å². The third-order valence-corrected chi connectivity index (χ3v) is 3.50. The summed E-state index contributed by atoms with van der Waals surface area (Å²) in [5.41, 5.74) is 0.259. The topological polar surface area (TPSA) is 20.2 Å². The van der Waals surface area contributed by atoms with E-state index < -0.39 is 5.60 Å². The summed E-state index contributed by atoms with van der Waals surface area (Å²) in [7, 11) is 0. The van der Waals surface area contributed by atoms with Crippen molar-refractivity contribution in [1.29, 1.82) is 0 Å². The molecule has 0 spiro atoms. The molecule has 0 saturated heterocycles. The Hall–Kier alpha value is -0.240. The third kappa shape index (κ3) is 3.65. The molecule has 0 fully saturated rings. The molecule has 0 aromatic heterocycles. The second-order valence-electron chi connectivity index (χ2n) is 4.24. The first-order chi connectivity index (χ1) is 7.50. The zero-order valence-electron chi connectivity index (χ0n) is 9.76. The lowest BCUT2D eigenvalue weighted by Crippen LogP contribution is -2.30. The van der Waals surface area contributed by atoms with Gasteiger partial charge in [-0.15, -0.1) is 0 Å². The van der Waals surface area contributed by atoms with Crippen LogP contribution in [0.5, 0.6) is 0 Å². The summed E-state index contributed by atoms with van der Waals surface area (Å²) in [5.74, 6) is 0. The Morgan fingerprint density at radius 2 is 1.94 bits per heavy atom. The molecule has 1 unspecified atom stereocenters. The summed E-state index contributed by atoms with van der Waals surface area (Å²) in [6.45, 7) is 4.06. The fourth-order valence-corrected chi connectivity index (χ4v) is 2.27. The highest BCUT2D eigenvalue weighted by atomic mass is 35.5. The summed E-state index contributed by atoms with van der Waals surface area (Å²) in [4.78, 5) is 0. The van der Waals surface area contributed by atoms with Crippen molar-refractivity contribution in [1.82, 2.24) is 0 Å². The Balaban J connectivity index is 2.89. The van der Waals surface area contributed by atoms with Crippen LogP contribution in [0.25, 0.3) is 0 Å². The van der Waals surface area contributed by atoms with Crippen molar-refractivity contribution in [3.8, 4) is 0 Å². The highest BCUT2D eigenvalue weighted by molar-refractivity contribution is 6.33. The fraction of sp³-hybridized carbons (Fsp3) is 0.538. The number of aliphatic hydroxyl groups is 1. The maximum Gasteiger partial charge on any atom is 0.0685 e. The lowest BCUT2D eigenvalue weighted by atomic mass is 9.88. The first-order valence-electron chi connectivity index (χ1n) is 5.67. The average Bonchev–Trinajstić information content (AvgIpc) is 2.24. The second kappa shape index (κ2) is 5.90. The van der Waals surface area contributed by atoms with Gasteiger partial charge in [0.05, 0.1) is 5.60 Å². The number of rotatable bonds is 5. The molecule has 0 radical (unpaired) electrons. The molecule has 0 bridgehead atoms. The van der Waals surface area contributed by atoms with Crippen molar-refractivity contribution in [3.63, 3.8) is 0 Å². The number of hydrogen-bond donors (Lipinski definition) is 1. The normalized spacial score (nSPS) is 14.8. The van der Waals surface area contributed by atoms with Gasteiger partial charge in [0.25, 0.3) is 0 Å². The van der Waals surface area contributed by atoms with Crippen LogP contribution in [0.4, 0.5) is 0 Å². The predicted octanol–water partition coefficient (Wildman–Crippen LogP) is 4.48. The van der Waals surface area contributed by atoms with E-state index in [1.54, 1.807) is 12.1 Å². The van der Waals surface area contributed by atoms with Crippen LogP contribution in [0.15, 0.2) is 18.2 Å². The van der Waals surface area contributed by atoms with Gasteiger partial charge in [-0.25, -0.2) is 0 Å². The van der Waals surface area contributed by atoms with E-state index in [2.05, 4.69) is 6.92 Å². The van der Waals surface area contributed by atoms with Crippen molar-refractivity contribution in [2.24, 2.45) is 0 Å². The molecule has 1 N–H and O–H groups in total. The van der Waals surface area contributed by atoms with E-state index in [9.17, 15) is 5.11 Å². The largest absolute Gasteiger partial charge is 0.390 e. The van der Waals surface area contributed by atoms with Crippen LogP contribution in [-0.2, 0) is 6.42 Å². The molecule has 0 aliphatic rings. The Kier molecular flexibility index (Phi) is 5.10. The molecule has 0 aliphatic heterocycles. The van der Waals surface area contributed by atoms with Crippen LogP contribution < -0.4 is 0 Å². The zero-order chi connectivity index (χ0) is 12.2. The third-order valence-electron chi connectivity index (χ3n) is 2.90. The summed E-state index contributed by atoms with van der Waals surface area (Å²) < 4.78 is 0. The predicted molar refractivity (Wildman–Crippen MR) is 70.3 cm³/mol. The SMILES string of the molecule is CCCC(O)(CC)Cc1cc(Cl)ccc1Cl. The quantitative estimate of drug-likeness (QED) is 0.828. The van der Waals surface area contributed by atoms with E-state index in [0.717, 1.165) is 24.8 Å². The van der Waals surface area contributed by atoms with E-state index >= 15 is 0 Å². The van der Waals surface area contributed by atoms with E-state index in [-0.39, 0.29) is 0 Å². The van der Waals surface area contributed by atoms with Gasteiger partial charge in [0, 0.05) is 16.5 Å². The Morgan fingerprint density at radius 1 is 1.25 bits per heavy atom. The van der Waals surface area contributed by atoms with E-state index in [1.165, 1.54) is 0 Å². The van der Waals surface area contributed by atoms with E-state index in [1.807, 2.05) is 13.0 Å². The van der Waals surface area contributed by atoms with Gasteiger partial charge in [-0.2, -0.15) is 0 Å². The Labute approximate surface area is 107 Å². The molecule has 0 saturated carbocycles. The van der Waals surface area contributed by atoms with Gasteiger partial charge in [-0.05, 0) is 36.6 Å². The monoisotopic (exact) mass is 260 g/mol. The maximum atomic E-state index is 10.4. The van der Waals surface area contributed by atoms with E-state index in [0.29, 0.717) is 16.5 Å². The first-order valence-corrected chi connectivity index (χ1v) is 6.42. The highest BCUT2D eigenvalue weighted by Gasteiger charge is 2.24. The van der Waals surface area contributed by atoms with E-state index in [4.69, 9.17) is 23.2 Å². The zero-order valence-corrected chi connectivity index (χ0v) is 11.3. The second-order valence-corrected chi connectivity index (χ2v) is 5.08. The molecule has 16 heavy (non-hydrogen) atoms. The van der Waals surface area contributed by atoms with Gasteiger partial charge in [-0.1, -0.05) is 43.5 Å². The lowest BCUT2D eigenvalue weighted by Gasteiger charge is -2.27. The van der Waals surface area contributed by atoms with Gasteiger partial charge in [0.15, 0.2) is 0 Å². The smallest absolute Gasteiger partial charge is 0.0685 e. The molecule has 90 valence electrons. The molecule has 0 aliphatic carbocycles. The summed E-state index contributed by atoms with van der Waals surface area (Å²) in [6, 6.07) is 5.37. The van der Waals surface area contributed by atoms with Crippen molar-refractivity contribution < 1.29 is 5.11 Å². The van der Waals surface area contributed by atoms with Crippen LogP contribution in [0, 0.1) is 0 Å². The lowest BCUT2D eigenvalue weighted by molar-refractivity contribution is 0.0271. The summed E-state index contributed by atoms with van der Waals surface area (Å²) in [6.07, 6.45) is 3.04. The van der Waals surface area contributed by atoms with Crippen LogP contribution in [0.3, 0.4) is 0 Å². The molecule has 3 heteroatoms. The van der Waals surface area contributed by atoms with Crippen LogP contribution in [-0.4, -0.2) is 10.7 Å². The standard InChI is InChI=1S/C13H18Cl2O/c1-3-7-13(16,4-2)9-10-8-11(14)5-6-12(10)15/h5-6,8,16H,3-4,7,9H2,1-2H3. The van der Waals surface area contributed by atoms with Gasteiger partial charge in [-0.3, -0.25) is 0 Å². The molecule has 1 nitrogen and oxygen atoms in total. The highest BCUT2D eigenvalue weighted by Crippen LogP contribution is 2.28. The Bertz CT molecular complexity index is 352. The van der Waals surface area contributed by atoms with Crippen molar-refractivity contribution in [2.75, 3.05) is 0 Å². The molecule has 0 heterocycles. The van der Waals surface area contributed by atoms with Crippen molar-refractivity contribution in [3.05, 3.63) is 33.8 Å².